The molecule has 2 heteroatoms. The zero-order chi connectivity index (χ0) is 18.0. The van der Waals surface area contributed by atoms with Crippen molar-refractivity contribution in [1.29, 1.82) is 0 Å². The van der Waals surface area contributed by atoms with Crippen molar-refractivity contribution in [3.05, 3.63) is 68.8 Å². The molecule has 126 valence electrons. The Labute approximate surface area is 146 Å². The first-order valence-electron chi connectivity index (χ1n) is 8.46. The van der Waals surface area contributed by atoms with E-state index in [-0.39, 0.29) is 0 Å². The molecule has 0 aromatic heterocycles. The van der Waals surface area contributed by atoms with Gasteiger partial charge in [-0.25, -0.2) is 0 Å². The van der Waals surface area contributed by atoms with Crippen molar-refractivity contribution in [3.8, 4) is 0 Å². The van der Waals surface area contributed by atoms with E-state index in [1.165, 1.54) is 44.5 Å². The largest absolute Gasteiger partial charge is 0.155 e. The lowest BCUT2D eigenvalue weighted by atomic mass is 9.98. The van der Waals surface area contributed by atoms with Gasteiger partial charge in [0.05, 0.1) is 11.4 Å². The van der Waals surface area contributed by atoms with Crippen LogP contribution in [0.2, 0.25) is 0 Å². The van der Waals surface area contributed by atoms with E-state index in [2.05, 4.69) is 76.0 Å². The van der Waals surface area contributed by atoms with Crippen molar-refractivity contribution >= 4 is 11.4 Å². The minimum absolute atomic E-state index is 0.955. The van der Waals surface area contributed by atoms with Crippen molar-refractivity contribution in [1.82, 2.24) is 0 Å². The Bertz CT molecular complexity index is 768. The third kappa shape index (κ3) is 3.81. The number of hydrogen-bond donors (Lipinski definition) is 0. The second-order valence-electron chi connectivity index (χ2n) is 6.87. The molecule has 0 atom stereocenters. The summed E-state index contributed by atoms with van der Waals surface area (Å²) in [6.45, 7) is 16.9. The van der Waals surface area contributed by atoms with Gasteiger partial charge in [-0.3, -0.25) is 0 Å². The highest BCUT2D eigenvalue weighted by Crippen LogP contribution is 2.18. The number of aryl methyl sites for hydroxylation is 6. The minimum atomic E-state index is 0.955. The fourth-order valence-corrected chi connectivity index (χ4v) is 2.96. The summed E-state index contributed by atoms with van der Waals surface area (Å²) in [4.78, 5) is 0. The van der Waals surface area contributed by atoms with Crippen LogP contribution in [0.4, 0.5) is 0 Å². The monoisotopic (exact) mass is 320 g/mol. The Kier molecular flexibility index (Phi) is 5.38. The second kappa shape index (κ2) is 7.12. The van der Waals surface area contributed by atoms with Gasteiger partial charge < -0.3 is 0 Å². The maximum Gasteiger partial charge on any atom is 0.0674 e. The molecule has 2 nitrogen and oxygen atoms in total. The fraction of sp³-hybridized carbons (Fsp3) is 0.364. The van der Waals surface area contributed by atoms with Gasteiger partial charge in [0.15, 0.2) is 0 Å². The molecule has 2 aromatic carbocycles. The van der Waals surface area contributed by atoms with E-state index in [9.17, 15) is 0 Å². The number of nitrogens with zero attached hydrogens (tertiary/aromatic N) is 2. The molecular formula is C22H28N2. The molecule has 0 fully saturated rings. The molecule has 0 spiro atoms. The van der Waals surface area contributed by atoms with Gasteiger partial charge in [-0.15, -0.1) is 0 Å². The van der Waals surface area contributed by atoms with E-state index < -0.39 is 0 Å². The zero-order valence-corrected chi connectivity index (χ0v) is 16.2. The maximum atomic E-state index is 4.50. The first kappa shape index (κ1) is 18.1. The SMILES string of the molecule is C/C(=N/N=C(/C)c1cc(C)c(C)cc1C)c1cc(C)c(C)cc1C. The smallest absolute Gasteiger partial charge is 0.0674 e. The van der Waals surface area contributed by atoms with E-state index in [0.29, 0.717) is 0 Å². The van der Waals surface area contributed by atoms with Gasteiger partial charge in [-0.1, -0.05) is 12.1 Å². The molecule has 2 rings (SSSR count). The first-order chi connectivity index (χ1) is 11.2. The average molecular weight is 320 g/mol. The van der Waals surface area contributed by atoms with Crippen LogP contribution in [0, 0.1) is 41.5 Å². The van der Waals surface area contributed by atoms with Crippen LogP contribution in [0.3, 0.4) is 0 Å². The maximum absolute atomic E-state index is 4.50. The summed E-state index contributed by atoms with van der Waals surface area (Å²) in [5, 5.41) is 9.00. The molecule has 2 aromatic rings. The summed E-state index contributed by atoms with van der Waals surface area (Å²) in [5.41, 5.74) is 11.9. The summed E-state index contributed by atoms with van der Waals surface area (Å²) in [7, 11) is 0. The van der Waals surface area contributed by atoms with Crippen molar-refractivity contribution in [2.45, 2.75) is 55.4 Å². The number of benzene rings is 2. The quantitative estimate of drug-likeness (QED) is 0.506. The van der Waals surface area contributed by atoms with Crippen molar-refractivity contribution in [3.63, 3.8) is 0 Å². The van der Waals surface area contributed by atoms with Gasteiger partial charge in [0.25, 0.3) is 0 Å². The summed E-state index contributed by atoms with van der Waals surface area (Å²) < 4.78 is 0. The zero-order valence-electron chi connectivity index (χ0n) is 16.2. The molecule has 0 amide bonds. The topological polar surface area (TPSA) is 24.7 Å². The Morgan fingerprint density at radius 1 is 0.500 bits per heavy atom. The summed E-state index contributed by atoms with van der Waals surface area (Å²) in [6, 6.07) is 8.84. The van der Waals surface area contributed by atoms with Crippen LogP contribution >= 0.6 is 0 Å². The number of hydrogen-bond acceptors (Lipinski definition) is 2. The lowest BCUT2D eigenvalue weighted by Crippen LogP contribution is -2.02. The highest BCUT2D eigenvalue weighted by atomic mass is 15.2. The molecular weight excluding hydrogens is 292 g/mol. The summed E-state index contributed by atoms with van der Waals surface area (Å²) in [6.07, 6.45) is 0. The Hall–Kier alpha value is -2.22. The highest BCUT2D eigenvalue weighted by Gasteiger charge is 2.07. The lowest BCUT2D eigenvalue weighted by molar-refractivity contribution is 1.19. The summed E-state index contributed by atoms with van der Waals surface area (Å²) >= 11 is 0. The normalized spacial score (nSPS) is 12.7. The molecule has 0 bridgehead atoms. The van der Waals surface area contributed by atoms with E-state index in [1.54, 1.807) is 0 Å². The van der Waals surface area contributed by atoms with Crippen LogP contribution in [0.1, 0.15) is 58.4 Å². The van der Waals surface area contributed by atoms with Gasteiger partial charge in [-0.05, 0) is 101 Å². The van der Waals surface area contributed by atoms with Crippen LogP contribution in [-0.4, -0.2) is 11.4 Å². The molecule has 0 unspecified atom stereocenters. The van der Waals surface area contributed by atoms with Crippen molar-refractivity contribution < 1.29 is 0 Å². The van der Waals surface area contributed by atoms with Gasteiger partial charge in [0.1, 0.15) is 0 Å². The molecule has 0 radical (unpaired) electrons. The van der Waals surface area contributed by atoms with Crippen molar-refractivity contribution in [2.24, 2.45) is 10.2 Å². The molecule has 24 heavy (non-hydrogen) atoms. The second-order valence-corrected chi connectivity index (χ2v) is 6.87. The van der Waals surface area contributed by atoms with Crippen molar-refractivity contribution in [2.75, 3.05) is 0 Å². The average Bonchev–Trinajstić information content (AvgIpc) is 2.51. The first-order valence-corrected chi connectivity index (χ1v) is 8.46. The fourth-order valence-electron chi connectivity index (χ4n) is 2.96. The van der Waals surface area contributed by atoms with Crippen LogP contribution in [0.15, 0.2) is 34.5 Å². The van der Waals surface area contributed by atoms with Gasteiger partial charge in [0, 0.05) is 11.1 Å². The third-order valence-corrected chi connectivity index (χ3v) is 4.81. The van der Waals surface area contributed by atoms with Gasteiger partial charge in [0.2, 0.25) is 0 Å². The Morgan fingerprint density at radius 3 is 1.12 bits per heavy atom. The van der Waals surface area contributed by atoms with Crippen LogP contribution < -0.4 is 0 Å². The Morgan fingerprint density at radius 2 is 0.792 bits per heavy atom. The summed E-state index contributed by atoms with van der Waals surface area (Å²) in [5.74, 6) is 0. The molecule has 0 aliphatic rings. The predicted molar refractivity (Wildman–Crippen MR) is 106 cm³/mol. The molecule has 0 heterocycles. The molecule has 0 saturated carbocycles. The van der Waals surface area contributed by atoms with Gasteiger partial charge >= 0.3 is 0 Å². The third-order valence-electron chi connectivity index (χ3n) is 4.81. The van der Waals surface area contributed by atoms with E-state index >= 15 is 0 Å². The van der Waals surface area contributed by atoms with Gasteiger partial charge in [-0.2, -0.15) is 10.2 Å². The van der Waals surface area contributed by atoms with Crippen LogP contribution in [-0.2, 0) is 0 Å². The lowest BCUT2D eigenvalue weighted by Gasteiger charge is -2.10. The molecule has 0 aliphatic carbocycles. The molecule has 0 saturated heterocycles. The standard InChI is InChI=1S/C22H28N2/c1-13-9-17(5)21(11-15(13)3)19(7)23-24-20(8)22-12-16(4)14(2)10-18(22)6/h9-12H,1-8H3/b23-19-,24-20-. The van der Waals surface area contributed by atoms with E-state index in [1.807, 2.05) is 13.8 Å². The van der Waals surface area contributed by atoms with E-state index in [0.717, 1.165) is 11.4 Å². The van der Waals surface area contributed by atoms with E-state index in [4.69, 9.17) is 0 Å². The highest BCUT2D eigenvalue weighted by molar-refractivity contribution is 6.03. The van der Waals surface area contributed by atoms with Crippen LogP contribution in [0.5, 0.6) is 0 Å². The number of rotatable bonds is 3. The van der Waals surface area contributed by atoms with Crippen LogP contribution in [0.25, 0.3) is 0 Å². The molecule has 0 aliphatic heterocycles. The molecule has 0 N–H and O–H groups in total. The minimum Gasteiger partial charge on any atom is -0.155 e. The predicted octanol–water partition coefficient (Wildman–Crippen LogP) is 5.77. The Balaban J connectivity index is 2.40.